The Hall–Kier alpha value is 0.260. The Morgan fingerprint density at radius 1 is 1.33 bits per heavy atom. The molecule has 1 nitrogen and oxygen atoms in total. The van der Waals surface area contributed by atoms with Gasteiger partial charge in [-0.1, -0.05) is 19.1 Å². The van der Waals surface area contributed by atoms with E-state index >= 15 is 0 Å². The number of hydrogen-bond acceptors (Lipinski definition) is 2. The van der Waals surface area contributed by atoms with Crippen molar-refractivity contribution in [1.82, 2.24) is 5.32 Å². The van der Waals surface area contributed by atoms with Crippen LogP contribution in [0.2, 0.25) is 0 Å². The molecule has 1 rings (SSSR count). The third-order valence-corrected chi connectivity index (χ3v) is 3.81. The molecule has 1 atom stereocenters. The van der Waals surface area contributed by atoms with Crippen molar-refractivity contribution < 1.29 is 0 Å². The summed E-state index contributed by atoms with van der Waals surface area (Å²) in [4.78, 5) is 0. The van der Waals surface area contributed by atoms with Gasteiger partial charge >= 0.3 is 0 Å². The normalized spacial score (nSPS) is 12.7. The van der Waals surface area contributed by atoms with Gasteiger partial charge in [0.25, 0.3) is 0 Å². The van der Waals surface area contributed by atoms with Crippen molar-refractivity contribution in [3.63, 3.8) is 0 Å². The molecule has 0 heterocycles. The van der Waals surface area contributed by atoms with Gasteiger partial charge in [0.05, 0.1) is 0 Å². The van der Waals surface area contributed by atoms with Gasteiger partial charge in [-0.2, -0.15) is 11.8 Å². The Morgan fingerprint density at radius 3 is 2.60 bits per heavy atom. The highest BCUT2D eigenvalue weighted by molar-refractivity contribution is 14.1. The Labute approximate surface area is 111 Å². The maximum absolute atomic E-state index is 3.49. The zero-order valence-electron chi connectivity index (χ0n) is 9.29. The van der Waals surface area contributed by atoms with Crippen LogP contribution >= 0.6 is 34.4 Å². The van der Waals surface area contributed by atoms with Crippen molar-refractivity contribution in [1.29, 1.82) is 0 Å². The fraction of sp³-hybridized carbons (Fsp3) is 0.500. The monoisotopic (exact) mass is 335 g/mol. The predicted octanol–water partition coefficient (Wildman–Crippen LogP) is 3.38. The van der Waals surface area contributed by atoms with E-state index in [1.54, 1.807) is 0 Å². The van der Waals surface area contributed by atoms with Crippen LogP contribution in [-0.2, 0) is 6.54 Å². The lowest BCUT2D eigenvalue weighted by Crippen LogP contribution is -2.21. The number of thioether (sulfide) groups is 1. The first-order valence-corrected chi connectivity index (χ1v) is 7.63. The SMILES string of the molecule is CSCC(C)CNCc1ccc(I)cc1. The largest absolute Gasteiger partial charge is 0.312 e. The standard InChI is InChI=1S/C12H18INS/c1-10(9-15-2)7-14-8-11-3-5-12(13)6-4-11/h3-6,10,14H,7-9H2,1-2H3. The summed E-state index contributed by atoms with van der Waals surface area (Å²) < 4.78 is 1.30. The molecule has 0 saturated carbocycles. The molecule has 0 aliphatic carbocycles. The molecule has 1 unspecified atom stereocenters. The molecule has 0 aliphatic rings. The van der Waals surface area contributed by atoms with E-state index in [-0.39, 0.29) is 0 Å². The highest BCUT2D eigenvalue weighted by Gasteiger charge is 2.00. The van der Waals surface area contributed by atoms with E-state index in [0.717, 1.165) is 19.0 Å². The zero-order valence-corrected chi connectivity index (χ0v) is 12.3. The summed E-state index contributed by atoms with van der Waals surface area (Å²) in [7, 11) is 0. The second-order valence-electron chi connectivity index (χ2n) is 3.82. The molecule has 3 heteroatoms. The number of rotatable bonds is 6. The van der Waals surface area contributed by atoms with Crippen LogP contribution in [0.15, 0.2) is 24.3 Å². The minimum absolute atomic E-state index is 0.754. The average molecular weight is 335 g/mol. The fourth-order valence-corrected chi connectivity index (χ4v) is 2.46. The first-order valence-electron chi connectivity index (χ1n) is 5.16. The van der Waals surface area contributed by atoms with Crippen molar-refractivity contribution in [3.8, 4) is 0 Å². The van der Waals surface area contributed by atoms with Gasteiger partial charge in [0.15, 0.2) is 0 Å². The molecule has 1 aromatic rings. The Balaban J connectivity index is 2.22. The van der Waals surface area contributed by atoms with Crippen LogP contribution in [0, 0.1) is 9.49 Å². The van der Waals surface area contributed by atoms with Gasteiger partial charge < -0.3 is 5.32 Å². The smallest absolute Gasteiger partial charge is 0.0205 e. The number of nitrogens with one attached hydrogen (secondary N) is 1. The highest BCUT2D eigenvalue weighted by atomic mass is 127. The lowest BCUT2D eigenvalue weighted by Gasteiger charge is -2.11. The van der Waals surface area contributed by atoms with Gasteiger partial charge in [-0.15, -0.1) is 0 Å². The molecule has 15 heavy (non-hydrogen) atoms. The molecule has 0 aliphatic heterocycles. The minimum atomic E-state index is 0.754. The minimum Gasteiger partial charge on any atom is -0.312 e. The summed E-state index contributed by atoms with van der Waals surface area (Å²) in [5.41, 5.74) is 1.37. The number of halogens is 1. The van der Waals surface area contributed by atoms with Crippen LogP contribution in [0.5, 0.6) is 0 Å². The van der Waals surface area contributed by atoms with Crippen molar-refractivity contribution in [2.45, 2.75) is 13.5 Å². The van der Waals surface area contributed by atoms with Crippen molar-refractivity contribution in [3.05, 3.63) is 33.4 Å². The first-order chi connectivity index (χ1) is 7.22. The molecule has 1 aromatic carbocycles. The number of benzene rings is 1. The lowest BCUT2D eigenvalue weighted by atomic mass is 10.2. The summed E-state index contributed by atoms with van der Waals surface area (Å²) in [6, 6.07) is 8.69. The molecule has 0 fully saturated rings. The lowest BCUT2D eigenvalue weighted by molar-refractivity contribution is 0.559. The van der Waals surface area contributed by atoms with E-state index < -0.39 is 0 Å². The van der Waals surface area contributed by atoms with Gasteiger partial charge in [0, 0.05) is 10.1 Å². The Bertz CT molecular complexity index is 273. The van der Waals surface area contributed by atoms with E-state index in [1.807, 2.05) is 11.8 Å². The van der Waals surface area contributed by atoms with E-state index in [0.29, 0.717) is 0 Å². The summed E-state index contributed by atoms with van der Waals surface area (Å²) >= 11 is 4.25. The van der Waals surface area contributed by atoms with E-state index in [4.69, 9.17) is 0 Å². The average Bonchev–Trinajstić information content (AvgIpc) is 2.21. The quantitative estimate of drug-likeness (QED) is 0.800. The maximum atomic E-state index is 3.49. The van der Waals surface area contributed by atoms with E-state index in [2.05, 4.69) is 65.4 Å². The predicted molar refractivity (Wildman–Crippen MR) is 78.4 cm³/mol. The van der Waals surface area contributed by atoms with Gasteiger partial charge in [0.1, 0.15) is 0 Å². The molecule has 0 amide bonds. The molecule has 0 bridgehead atoms. The molecule has 0 radical (unpaired) electrons. The topological polar surface area (TPSA) is 12.0 Å². The summed E-state index contributed by atoms with van der Waals surface area (Å²) in [5, 5.41) is 3.49. The van der Waals surface area contributed by atoms with Crippen molar-refractivity contribution in [2.24, 2.45) is 5.92 Å². The first kappa shape index (κ1) is 13.3. The zero-order chi connectivity index (χ0) is 11.1. The molecule has 1 N–H and O–H groups in total. The van der Waals surface area contributed by atoms with Crippen LogP contribution in [-0.4, -0.2) is 18.6 Å². The third-order valence-electron chi connectivity index (χ3n) is 2.19. The van der Waals surface area contributed by atoms with Gasteiger partial charge in [-0.25, -0.2) is 0 Å². The molecule has 0 aromatic heterocycles. The summed E-state index contributed by atoms with van der Waals surface area (Å²) in [6.45, 7) is 4.37. The van der Waals surface area contributed by atoms with Crippen LogP contribution in [0.3, 0.4) is 0 Å². The van der Waals surface area contributed by atoms with Crippen LogP contribution in [0.1, 0.15) is 12.5 Å². The van der Waals surface area contributed by atoms with Gasteiger partial charge in [-0.3, -0.25) is 0 Å². The van der Waals surface area contributed by atoms with E-state index in [1.165, 1.54) is 14.9 Å². The second kappa shape index (κ2) is 7.52. The van der Waals surface area contributed by atoms with Crippen molar-refractivity contribution in [2.75, 3.05) is 18.6 Å². The maximum Gasteiger partial charge on any atom is 0.0205 e. The fourth-order valence-electron chi connectivity index (χ4n) is 1.41. The summed E-state index contributed by atoms with van der Waals surface area (Å²) in [5.74, 6) is 1.99. The summed E-state index contributed by atoms with van der Waals surface area (Å²) in [6.07, 6.45) is 2.16. The third kappa shape index (κ3) is 5.78. The van der Waals surface area contributed by atoms with Gasteiger partial charge in [0.2, 0.25) is 0 Å². The molecular formula is C12H18INS. The highest BCUT2D eigenvalue weighted by Crippen LogP contribution is 2.07. The van der Waals surface area contributed by atoms with Gasteiger partial charge in [-0.05, 0) is 64.8 Å². The molecular weight excluding hydrogens is 317 g/mol. The van der Waals surface area contributed by atoms with Crippen LogP contribution in [0.25, 0.3) is 0 Å². The number of hydrogen-bond donors (Lipinski definition) is 1. The van der Waals surface area contributed by atoms with Crippen molar-refractivity contribution >= 4 is 34.4 Å². The molecule has 0 saturated heterocycles. The molecule has 84 valence electrons. The second-order valence-corrected chi connectivity index (χ2v) is 5.97. The van der Waals surface area contributed by atoms with E-state index in [9.17, 15) is 0 Å². The van der Waals surface area contributed by atoms with Crippen LogP contribution < -0.4 is 5.32 Å². The Kier molecular flexibility index (Phi) is 6.68. The Morgan fingerprint density at radius 2 is 2.00 bits per heavy atom. The molecule has 0 spiro atoms. The van der Waals surface area contributed by atoms with Crippen LogP contribution in [0.4, 0.5) is 0 Å².